The van der Waals surface area contributed by atoms with Gasteiger partial charge >= 0.3 is 0 Å². The summed E-state index contributed by atoms with van der Waals surface area (Å²) in [5.74, 6) is 0.236. The molecule has 0 radical (unpaired) electrons. The molecule has 2 aromatic heterocycles. The van der Waals surface area contributed by atoms with E-state index in [1.807, 2.05) is 36.8 Å². The van der Waals surface area contributed by atoms with E-state index in [0.717, 1.165) is 36.6 Å². The van der Waals surface area contributed by atoms with Gasteiger partial charge in [-0.2, -0.15) is 0 Å². The van der Waals surface area contributed by atoms with E-state index >= 15 is 0 Å². The molecule has 180 valence electrons. The third-order valence-electron chi connectivity index (χ3n) is 6.93. The van der Waals surface area contributed by atoms with Gasteiger partial charge < -0.3 is 14.5 Å². The zero-order valence-electron chi connectivity index (χ0n) is 19.7. The average molecular weight is 513 g/mol. The van der Waals surface area contributed by atoms with Crippen LogP contribution in [0.3, 0.4) is 0 Å². The van der Waals surface area contributed by atoms with Gasteiger partial charge in [0, 0.05) is 82.9 Å². The summed E-state index contributed by atoms with van der Waals surface area (Å²) in [6, 6.07) is 27.3. The number of nitrogens with one attached hydrogen (secondary N) is 1. The first-order valence-corrected chi connectivity index (χ1v) is 13.0. The van der Waals surface area contributed by atoms with E-state index in [1.54, 1.807) is 0 Å². The zero-order chi connectivity index (χ0) is 24.5. The van der Waals surface area contributed by atoms with Crippen molar-refractivity contribution in [2.75, 3.05) is 13.1 Å². The molecule has 4 heterocycles. The molecule has 5 aromatic rings. The highest BCUT2D eigenvalue weighted by Gasteiger charge is 2.24. The minimum Gasteiger partial charge on any atom is -0.343 e. The van der Waals surface area contributed by atoms with Crippen molar-refractivity contribution in [3.05, 3.63) is 112 Å². The molecule has 0 aliphatic carbocycles. The molecule has 36 heavy (non-hydrogen) atoms. The van der Waals surface area contributed by atoms with Crippen LogP contribution in [0.5, 0.6) is 0 Å². The van der Waals surface area contributed by atoms with E-state index in [0.29, 0.717) is 5.02 Å². The second kappa shape index (κ2) is 9.98. The maximum atomic E-state index is 6.46. The maximum Gasteiger partial charge on any atom is 0.0526 e. The molecular formula is C30H26Cl2N4. The predicted octanol–water partition coefficient (Wildman–Crippen LogP) is 7.38. The molecule has 1 atom stereocenters. The summed E-state index contributed by atoms with van der Waals surface area (Å²) in [5.41, 5.74) is 6.28. The van der Waals surface area contributed by atoms with Crippen molar-refractivity contribution >= 4 is 57.4 Å². The largest absolute Gasteiger partial charge is 0.343 e. The van der Waals surface area contributed by atoms with Gasteiger partial charge in [0.1, 0.15) is 0 Å². The molecule has 2 aliphatic rings. The van der Waals surface area contributed by atoms with Crippen LogP contribution >= 0.6 is 23.2 Å². The van der Waals surface area contributed by atoms with E-state index < -0.39 is 0 Å². The Labute approximate surface area is 220 Å². The Morgan fingerprint density at radius 1 is 0.861 bits per heavy atom. The molecule has 6 heteroatoms. The Hall–Kier alpha value is -3.31. The second-order valence-corrected chi connectivity index (χ2v) is 9.94. The van der Waals surface area contributed by atoms with E-state index in [-0.39, 0.29) is 5.92 Å². The topological polar surface area (TPSA) is 34.2 Å². The fourth-order valence-electron chi connectivity index (χ4n) is 5.24. The number of hydrogen-bond donors (Lipinski definition) is 1. The number of halogens is 2. The van der Waals surface area contributed by atoms with Gasteiger partial charge in [-0.05, 0) is 47.3 Å². The third-order valence-corrected chi connectivity index (χ3v) is 7.50. The zero-order valence-corrected chi connectivity index (χ0v) is 21.3. The lowest BCUT2D eigenvalue weighted by Gasteiger charge is -2.18. The van der Waals surface area contributed by atoms with Crippen LogP contribution in [0.15, 0.2) is 90.1 Å². The highest BCUT2D eigenvalue weighted by Crippen LogP contribution is 2.35. The van der Waals surface area contributed by atoms with Crippen LogP contribution in [0.2, 0.25) is 10.0 Å². The van der Waals surface area contributed by atoms with Gasteiger partial charge in [0.15, 0.2) is 0 Å². The van der Waals surface area contributed by atoms with Crippen molar-refractivity contribution < 1.29 is 0 Å². The molecule has 0 spiro atoms. The molecule has 7 rings (SSSR count). The van der Waals surface area contributed by atoms with Crippen molar-refractivity contribution in [1.29, 1.82) is 0 Å². The number of aliphatic imine (C=N–C) groups is 1. The Morgan fingerprint density at radius 3 is 2.47 bits per heavy atom. The standard InChI is InChI=1S/C18H16Cl2N2.C12H10N2/c19-13-5-6-14(16(20)10-13)15-11-21-7-8-22-17-4-2-1-3-12(17)9-18(15)22;1-2-4-12-10(3-1)9-11-5-6-13-7-8-14(11)12/h1-6,9-10,15,21H,7-8,11H2;1-4,6-9H,5H2. The SMILES string of the molecule is C1=Cn2c(cc3ccccc32)CC=N1.Clc1ccc(C2CNCCn3c2cc2ccccc23)c(Cl)c1. The fourth-order valence-corrected chi connectivity index (χ4v) is 5.78. The van der Waals surface area contributed by atoms with Gasteiger partial charge in [-0.3, -0.25) is 4.99 Å². The van der Waals surface area contributed by atoms with E-state index in [9.17, 15) is 0 Å². The Kier molecular flexibility index (Phi) is 6.41. The molecule has 0 saturated heterocycles. The molecule has 2 aliphatic heterocycles. The van der Waals surface area contributed by atoms with E-state index in [4.69, 9.17) is 23.2 Å². The summed E-state index contributed by atoms with van der Waals surface area (Å²) < 4.78 is 4.60. The summed E-state index contributed by atoms with van der Waals surface area (Å²) in [5, 5.41) is 7.51. The quantitative estimate of drug-likeness (QED) is 0.249. The van der Waals surface area contributed by atoms with Crippen molar-refractivity contribution in [2.45, 2.75) is 18.9 Å². The third kappa shape index (κ3) is 4.37. The highest BCUT2D eigenvalue weighted by molar-refractivity contribution is 6.35. The number of fused-ring (bicyclic) bond motifs is 6. The molecule has 1 N–H and O–H groups in total. The summed E-state index contributed by atoms with van der Waals surface area (Å²) in [4.78, 5) is 4.14. The molecule has 0 bridgehead atoms. The molecule has 1 unspecified atom stereocenters. The van der Waals surface area contributed by atoms with Crippen molar-refractivity contribution in [3.63, 3.8) is 0 Å². The Bertz CT molecular complexity index is 1610. The monoisotopic (exact) mass is 512 g/mol. The van der Waals surface area contributed by atoms with E-state index in [1.165, 1.54) is 33.2 Å². The lowest BCUT2D eigenvalue weighted by atomic mass is 9.95. The molecule has 0 fully saturated rings. The molecule has 0 amide bonds. The number of para-hydroxylation sites is 2. The minimum atomic E-state index is 0.236. The Morgan fingerprint density at radius 2 is 1.64 bits per heavy atom. The minimum absolute atomic E-state index is 0.236. The summed E-state index contributed by atoms with van der Waals surface area (Å²) in [7, 11) is 0. The van der Waals surface area contributed by atoms with Crippen LogP contribution in [0, 0.1) is 0 Å². The van der Waals surface area contributed by atoms with Crippen LogP contribution in [-0.2, 0) is 13.0 Å². The van der Waals surface area contributed by atoms with Crippen LogP contribution in [0.4, 0.5) is 0 Å². The summed E-state index contributed by atoms with van der Waals surface area (Å²) in [6.07, 6.45) is 6.69. The van der Waals surface area contributed by atoms with Gasteiger partial charge in [0.25, 0.3) is 0 Å². The molecular weight excluding hydrogens is 487 g/mol. The van der Waals surface area contributed by atoms with Gasteiger partial charge in [0.2, 0.25) is 0 Å². The first-order valence-electron chi connectivity index (χ1n) is 12.2. The van der Waals surface area contributed by atoms with Crippen LogP contribution < -0.4 is 5.32 Å². The summed E-state index contributed by atoms with van der Waals surface area (Å²) >= 11 is 12.5. The number of aromatic nitrogens is 2. The smallest absolute Gasteiger partial charge is 0.0526 e. The van der Waals surface area contributed by atoms with Gasteiger partial charge in [0.05, 0.1) is 5.52 Å². The highest BCUT2D eigenvalue weighted by atomic mass is 35.5. The van der Waals surface area contributed by atoms with Crippen LogP contribution in [-0.4, -0.2) is 28.4 Å². The normalized spacial score (nSPS) is 16.7. The number of hydrogen-bond acceptors (Lipinski definition) is 2. The lowest BCUT2D eigenvalue weighted by molar-refractivity contribution is 0.646. The fraction of sp³-hybridized carbons (Fsp3) is 0.167. The first kappa shape index (κ1) is 23.1. The Balaban J connectivity index is 0.000000147. The van der Waals surface area contributed by atoms with Crippen molar-refractivity contribution in [3.8, 4) is 0 Å². The predicted molar refractivity (Wildman–Crippen MR) is 153 cm³/mol. The molecule has 3 aromatic carbocycles. The van der Waals surface area contributed by atoms with Gasteiger partial charge in [-0.15, -0.1) is 0 Å². The van der Waals surface area contributed by atoms with E-state index in [2.05, 4.69) is 80.1 Å². The lowest BCUT2D eigenvalue weighted by Crippen LogP contribution is -2.21. The van der Waals surface area contributed by atoms with Crippen LogP contribution in [0.25, 0.3) is 28.0 Å². The second-order valence-electron chi connectivity index (χ2n) is 9.10. The molecule has 4 nitrogen and oxygen atoms in total. The first-order chi connectivity index (χ1) is 17.7. The molecule has 0 saturated carbocycles. The average Bonchev–Trinajstić information content (AvgIpc) is 3.23. The summed E-state index contributed by atoms with van der Waals surface area (Å²) in [6.45, 7) is 2.83. The number of rotatable bonds is 1. The number of benzene rings is 3. The van der Waals surface area contributed by atoms with Crippen molar-refractivity contribution in [1.82, 2.24) is 14.5 Å². The van der Waals surface area contributed by atoms with Crippen LogP contribution in [0.1, 0.15) is 22.9 Å². The van der Waals surface area contributed by atoms with Gasteiger partial charge in [-0.1, -0.05) is 65.7 Å². The maximum absolute atomic E-state index is 6.46. The van der Waals surface area contributed by atoms with Gasteiger partial charge in [-0.25, -0.2) is 0 Å². The van der Waals surface area contributed by atoms with Crippen molar-refractivity contribution in [2.24, 2.45) is 4.99 Å². The number of nitrogens with zero attached hydrogens (tertiary/aromatic N) is 3.